The molecule has 4 N–H and O–H groups in total. The minimum absolute atomic E-state index is 0.0309. The molecule has 0 aliphatic heterocycles. The zero-order valence-corrected chi connectivity index (χ0v) is 15.1. The van der Waals surface area contributed by atoms with E-state index in [-0.39, 0.29) is 11.5 Å². The third-order valence-electron chi connectivity index (χ3n) is 3.49. The molecule has 6 nitrogen and oxygen atoms in total. The quantitative estimate of drug-likeness (QED) is 0.460. The molecule has 0 aliphatic carbocycles. The Morgan fingerprint density at radius 2 is 1.85 bits per heavy atom. The van der Waals surface area contributed by atoms with Crippen LogP contribution in [0.4, 0.5) is 11.5 Å². The second-order valence-electron chi connectivity index (χ2n) is 5.37. The van der Waals surface area contributed by atoms with Gasteiger partial charge in [0.2, 0.25) is 0 Å². The Balaban J connectivity index is 1.72. The minimum Gasteiger partial charge on any atom is -0.382 e. The zero-order chi connectivity index (χ0) is 18.5. The van der Waals surface area contributed by atoms with Gasteiger partial charge < -0.3 is 11.1 Å². The molecule has 1 aromatic heterocycles. The minimum atomic E-state index is -0.500. The van der Waals surface area contributed by atoms with Crippen LogP contribution in [0.15, 0.2) is 64.5 Å². The first-order chi connectivity index (χ1) is 12.5. The van der Waals surface area contributed by atoms with Crippen molar-refractivity contribution in [3.8, 4) is 0 Å². The van der Waals surface area contributed by atoms with Crippen LogP contribution in [0.2, 0.25) is 5.02 Å². The normalized spacial score (nSPS) is 10.5. The van der Waals surface area contributed by atoms with Crippen molar-refractivity contribution in [1.82, 2.24) is 9.97 Å². The molecule has 0 radical (unpaired) electrons. The smallest absolute Gasteiger partial charge is 0.277 e. The number of hydrogen-bond acceptors (Lipinski definition) is 5. The standard InChI is InChI=1S/C18H15ClN4O2S/c19-13-8-6-11(7-9-13)10-26-18-22-15(20)14(17(25)23-18)21-16(24)12-4-2-1-3-5-12/h1-9H,10H2,(H,21,24)(H3,20,22,23,25). The summed E-state index contributed by atoms with van der Waals surface area (Å²) >= 11 is 7.19. The predicted molar refractivity (Wildman–Crippen MR) is 105 cm³/mol. The lowest BCUT2D eigenvalue weighted by Crippen LogP contribution is -2.23. The van der Waals surface area contributed by atoms with Gasteiger partial charge in [-0.2, -0.15) is 0 Å². The highest BCUT2D eigenvalue weighted by atomic mass is 35.5. The van der Waals surface area contributed by atoms with Crippen molar-refractivity contribution in [2.75, 3.05) is 11.1 Å². The summed E-state index contributed by atoms with van der Waals surface area (Å²) in [6.07, 6.45) is 0. The summed E-state index contributed by atoms with van der Waals surface area (Å²) in [5.41, 5.74) is 6.75. The number of rotatable bonds is 5. The van der Waals surface area contributed by atoms with Crippen molar-refractivity contribution in [3.05, 3.63) is 81.1 Å². The lowest BCUT2D eigenvalue weighted by molar-refractivity contribution is 0.102. The predicted octanol–water partition coefficient (Wildman–Crippen LogP) is 3.55. The number of carbonyl (C=O) groups excluding carboxylic acids is 1. The van der Waals surface area contributed by atoms with E-state index in [1.54, 1.807) is 42.5 Å². The Kier molecular flexibility index (Phi) is 5.60. The van der Waals surface area contributed by atoms with E-state index >= 15 is 0 Å². The van der Waals surface area contributed by atoms with Gasteiger partial charge in [0.15, 0.2) is 11.0 Å². The van der Waals surface area contributed by atoms with Gasteiger partial charge in [0, 0.05) is 16.3 Å². The van der Waals surface area contributed by atoms with Crippen LogP contribution < -0.4 is 16.6 Å². The molecule has 0 saturated heterocycles. The van der Waals surface area contributed by atoms with Gasteiger partial charge in [-0.3, -0.25) is 14.6 Å². The van der Waals surface area contributed by atoms with Gasteiger partial charge in [0.05, 0.1) is 0 Å². The maximum absolute atomic E-state index is 12.3. The summed E-state index contributed by atoms with van der Waals surface area (Å²) in [4.78, 5) is 31.2. The van der Waals surface area contributed by atoms with Gasteiger partial charge in [-0.1, -0.05) is 53.7 Å². The third kappa shape index (κ3) is 4.44. The number of halogens is 1. The molecular formula is C18H15ClN4O2S. The molecule has 0 spiro atoms. The second-order valence-corrected chi connectivity index (χ2v) is 6.77. The van der Waals surface area contributed by atoms with Gasteiger partial charge >= 0.3 is 0 Å². The molecule has 1 heterocycles. The molecule has 132 valence electrons. The van der Waals surface area contributed by atoms with Crippen LogP contribution in [0, 0.1) is 0 Å². The van der Waals surface area contributed by atoms with E-state index < -0.39 is 11.5 Å². The molecule has 0 aliphatic rings. The number of nitrogen functional groups attached to an aromatic ring is 1. The van der Waals surface area contributed by atoms with Crippen LogP contribution in [0.3, 0.4) is 0 Å². The molecule has 0 atom stereocenters. The molecule has 1 amide bonds. The highest BCUT2D eigenvalue weighted by Gasteiger charge is 2.14. The van der Waals surface area contributed by atoms with Crippen LogP contribution in [0.5, 0.6) is 0 Å². The SMILES string of the molecule is Nc1nc(SCc2ccc(Cl)cc2)[nH]c(=O)c1NC(=O)c1ccccc1. The van der Waals surface area contributed by atoms with Crippen LogP contribution in [-0.2, 0) is 5.75 Å². The number of aromatic amines is 1. The first-order valence-corrected chi connectivity index (χ1v) is 9.03. The average molecular weight is 387 g/mol. The number of H-pyrrole nitrogens is 1. The van der Waals surface area contributed by atoms with Crippen LogP contribution in [-0.4, -0.2) is 15.9 Å². The zero-order valence-electron chi connectivity index (χ0n) is 13.5. The molecule has 3 rings (SSSR count). The topological polar surface area (TPSA) is 101 Å². The molecule has 26 heavy (non-hydrogen) atoms. The average Bonchev–Trinajstić information content (AvgIpc) is 2.65. The molecule has 0 unspecified atom stereocenters. The third-order valence-corrected chi connectivity index (χ3v) is 4.69. The molecule has 2 aromatic carbocycles. The van der Waals surface area contributed by atoms with Crippen LogP contribution in [0.1, 0.15) is 15.9 Å². The fourth-order valence-corrected chi connectivity index (χ4v) is 3.12. The van der Waals surface area contributed by atoms with E-state index in [2.05, 4.69) is 15.3 Å². The van der Waals surface area contributed by atoms with Crippen molar-refractivity contribution < 1.29 is 4.79 Å². The monoisotopic (exact) mass is 386 g/mol. The molecule has 0 saturated carbocycles. The Morgan fingerprint density at radius 3 is 2.50 bits per heavy atom. The number of nitrogens with one attached hydrogen (secondary N) is 2. The first kappa shape index (κ1) is 18.0. The van der Waals surface area contributed by atoms with Gasteiger partial charge in [0.25, 0.3) is 11.5 Å². The Morgan fingerprint density at radius 1 is 1.15 bits per heavy atom. The highest BCUT2D eigenvalue weighted by molar-refractivity contribution is 7.98. The van der Waals surface area contributed by atoms with E-state index in [1.165, 1.54) is 11.8 Å². The van der Waals surface area contributed by atoms with Crippen molar-refractivity contribution in [2.45, 2.75) is 10.9 Å². The fraction of sp³-hybridized carbons (Fsp3) is 0.0556. The molecule has 8 heteroatoms. The van der Waals surface area contributed by atoms with Crippen molar-refractivity contribution in [3.63, 3.8) is 0 Å². The van der Waals surface area contributed by atoms with E-state index in [1.807, 2.05) is 12.1 Å². The summed E-state index contributed by atoms with van der Waals surface area (Å²) in [5.74, 6) is 0.137. The number of hydrogen-bond donors (Lipinski definition) is 3. The number of thioether (sulfide) groups is 1. The molecular weight excluding hydrogens is 372 g/mol. The molecule has 0 bridgehead atoms. The Labute approximate surface area is 158 Å². The Bertz CT molecular complexity index is 975. The largest absolute Gasteiger partial charge is 0.382 e. The fourth-order valence-electron chi connectivity index (χ4n) is 2.17. The van der Waals surface area contributed by atoms with Gasteiger partial charge in [-0.25, -0.2) is 4.98 Å². The maximum Gasteiger partial charge on any atom is 0.277 e. The number of nitrogens with two attached hydrogens (primary N) is 1. The Hall–Kier alpha value is -2.77. The van der Waals surface area contributed by atoms with E-state index in [9.17, 15) is 9.59 Å². The van der Waals surface area contributed by atoms with E-state index in [0.717, 1.165) is 5.56 Å². The van der Waals surface area contributed by atoms with E-state index in [4.69, 9.17) is 17.3 Å². The maximum atomic E-state index is 12.3. The van der Waals surface area contributed by atoms with Crippen LogP contribution in [0.25, 0.3) is 0 Å². The van der Waals surface area contributed by atoms with Crippen LogP contribution >= 0.6 is 23.4 Å². The number of anilines is 2. The summed E-state index contributed by atoms with van der Waals surface area (Å²) in [6, 6.07) is 15.9. The second kappa shape index (κ2) is 8.07. The summed E-state index contributed by atoms with van der Waals surface area (Å²) in [7, 11) is 0. The number of carbonyl (C=O) groups is 1. The van der Waals surface area contributed by atoms with Crippen molar-refractivity contribution in [2.24, 2.45) is 0 Å². The highest BCUT2D eigenvalue weighted by Crippen LogP contribution is 2.22. The lowest BCUT2D eigenvalue weighted by atomic mass is 10.2. The lowest BCUT2D eigenvalue weighted by Gasteiger charge is -2.08. The van der Waals surface area contributed by atoms with Gasteiger partial charge in [-0.15, -0.1) is 0 Å². The van der Waals surface area contributed by atoms with Crippen molar-refractivity contribution in [1.29, 1.82) is 0 Å². The first-order valence-electron chi connectivity index (χ1n) is 7.66. The number of aromatic nitrogens is 2. The number of nitrogens with zero attached hydrogens (tertiary/aromatic N) is 1. The van der Waals surface area contributed by atoms with Crippen molar-refractivity contribution >= 4 is 40.8 Å². The summed E-state index contributed by atoms with van der Waals surface area (Å²) in [6.45, 7) is 0. The molecule has 3 aromatic rings. The molecule has 0 fully saturated rings. The van der Waals surface area contributed by atoms with Gasteiger partial charge in [-0.05, 0) is 29.8 Å². The number of benzene rings is 2. The summed E-state index contributed by atoms with van der Waals surface area (Å²) in [5, 5.41) is 3.54. The number of amides is 1. The van der Waals surface area contributed by atoms with Gasteiger partial charge in [0.1, 0.15) is 5.69 Å². The van der Waals surface area contributed by atoms with E-state index in [0.29, 0.717) is 21.5 Å². The summed E-state index contributed by atoms with van der Waals surface area (Å²) < 4.78 is 0.